The van der Waals surface area contributed by atoms with E-state index in [-0.39, 0.29) is 29.1 Å². The lowest BCUT2D eigenvalue weighted by Gasteiger charge is -2.37. The number of ether oxygens (including phenoxy) is 2. The summed E-state index contributed by atoms with van der Waals surface area (Å²) in [7, 11) is 2.02. The number of hydrogen-bond acceptors (Lipinski definition) is 7. The zero-order valence-electron chi connectivity index (χ0n) is 29.8. The molecule has 0 aliphatic carbocycles. The van der Waals surface area contributed by atoms with Crippen LogP contribution in [0.4, 0.5) is 0 Å². The summed E-state index contributed by atoms with van der Waals surface area (Å²) in [5.74, 6) is 1.58. The summed E-state index contributed by atoms with van der Waals surface area (Å²) >= 11 is 0. The van der Waals surface area contributed by atoms with E-state index in [1.807, 2.05) is 18.9 Å². The third-order valence-electron chi connectivity index (χ3n) is 10.2. The van der Waals surface area contributed by atoms with Gasteiger partial charge in [0, 0.05) is 40.9 Å². The van der Waals surface area contributed by atoms with Gasteiger partial charge in [0.05, 0.1) is 18.2 Å². The van der Waals surface area contributed by atoms with Gasteiger partial charge in [-0.3, -0.25) is 9.59 Å². The normalized spacial score (nSPS) is 20.1. The number of nitrogens with zero attached hydrogens (tertiary/aromatic N) is 2. The van der Waals surface area contributed by atoms with Gasteiger partial charge >= 0.3 is 0 Å². The van der Waals surface area contributed by atoms with Crippen molar-refractivity contribution < 1.29 is 29.3 Å². The Hall–Kier alpha value is -3.78. The Kier molecular flexibility index (Phi) is 11.2. The Morgan fingerprint density at radius 2 is 1.79 bits per heavy atom. The molecule has 0 saturated heterocycles. The molecule has 260 valence electrons. The van der Waals surface area contributed by atoms with Gasteiger partial charge in [0.25, 0.3) is 5.91 Å². The molecule has 0 aromatic heterocycles. The Morgan fingerprint density at radius 1 is 1.04 bits per heavy atom. The molecule has 1 unspecified atom stereocenters. The second kappa shape index (κ2) is 15.2. The average Bonchev–Trinajstić information content (AvgIpc) is 3.35. The summed E-state index contributed by atoms with van der Waals surface area (Å²) in [6.07, 6.45) is 14.2. The van der Waals surface area contributed by atoms with Crippen molar-refractivity contribution in [1.82, 2.24) is 9.80 Å². The first-order valence-corrected chi connectivity index (χ1v) is 17.7. The maximum Gasteiger partial charge on any atom is 0.254 e. The van der Waals surface area contributed by atoms with Crippen LogP contribution in [0.1, 0.15) is 129 Å². The minimum absolute atomic E-state index is 0.0330. The molecule has 0 radical (unpaired) electrons. The topological polar surface area (TPSA) is 99.5 Å². The largest absolute Gasteiger partial charge is 0.508 e. The number of aromatic hydroxyl groups is 2. The van der Waals surface area contributed by atoms with Crippen molar-refractivity contribution in [3.8, 4) is 23.0 Å². The van der Waals surface area contributed by atoms with Crippen LogP contribution in [0.5, 0.6) is 23.0 Å². The van der Waals surface area contributed by atoms with Crippen LogP contribution in [0.2, 0.25) is 0 Å². The van der Waals surface area contributed by atoms with Crippen LogP contribution in [-0.2, 0) is 25.9 Å². The van der Waals surface area contributed by atoms with Gasteiger partial charge in [0.2, 0.25) is 0 Å². The van der Waals surface area contributed by atoms with Crippen LogP contribution in [0.3, 0.4) is 0 Å². The SMILES string of the molecule is CC(C)=CCC/C(C)=C/CC[C@@]1(C)CCc2c(O)cc3c(c2O1)CN(CCCCN(C)Cc1c(C=O)cc(O)c2c1OC(C)CC2)C3=O. The molecule has 2 atom stereocenters. The van der Waals surface area contributed by atoms with Gasteiger partial charge < -0.3 is 29.5 Å². The number of aldehydes is 1. The van der Waals surface area contributed by atoms with E-state index >= 15 is 0 Å². The molecule has 2 N–H and O–H groups in total. The predicted octanol–water partition coefficient (Wildman–Crippen LogP) is 8.05. The van der Waals surface area contributed by atoms with Crippen molar-refractivity contribution in [1.29, 1.82) is 0 Å². The average molecular weight is 659 g/mol. The molecule has 0 fully saturated rings. The highest BCUT2D eigenvalue weighted by atomic mass is 16.5. The van der Waals surface area contributed by atoms with E-state index in [0.717, 1.165) is 99.3 Å². The van der Waals surface area contributed by atoms with Gasteiger partial charge in [-0.1, -0.05) is 23.3 Å². The van der Waals surface area contributed by atoms with Crippen LogP contribution in [0.15, 0.2) is 35.4 Å². The van der Waals surface area contributed by atoms with Gasteiger partial charge in [-0.15, -0.1) is 0 Å². The van der Waals surface area contributed by atoms with Crippen molar-refractivity contribution in [2.75, 3.05) is 20.1 Å². The first-order valence-electron chi connectivity index (χ1n) is 17.7. The van der Waals surface area contributed by atoms with E-state index in [1.54, 1.807) is 12.1 Å². The number of unbranched alkanes of at least 4 members (excludes halogenated alkanes) is 1. The molecule has 8 nitrogen and oxygen atoms in total. The number of fused-ring (bicyclic) bond motifs is 4. The molecule has 3 heterocycles. The molecule has 48 heavy (non-hydrogen) atoms. The number of phenols is 2. The maximum absolute atomic E-state index is 13.5. The highest BCUT2D eigenvalue weighted by Crippen LogP contribution is 2.46. The number of rotatable bonds is 14. The van der Waals surface area contributed by atoms with E-state index < -0.39 is 0 Å². The Bertz CT molecular complexity index is 1590. The summed E-state index contributed by atoms with van der Waals surface area (Å²) in [6.45, 7) is 13.0. The molecule has 2 aromatic carbocycles. The third-order valence-corrected chi connectivity index (χ3v) is 10.2. The number of carbonyl (C=O) groups is 2. The van der Waals surface area contributed by atoms with Crippen molar-refractivity contribution in [3.63, 3.8) is 0 Å². The lowest BCUT2D eigenvalue weighted by atomic mass is 9.86. The molecule has 0 bridgehead atoms. The minimum Gasteiger partial charge on any atom is -0.508 e. The molecular weight excluding hydrogens is 604 g/mol. The van der Waals surface area contributed by atoms with Gasteiger partial charge in [-0.2, -0.15) is 0 Å². The Balaban J connectivity index is 1.16. The number of phenolic OH excluding ortho intramolecular Hbond substituents is 2. The van der Waals surface area contributed by atoms with Crippen LogP contribution in [0.25, 0.3) is 0 Å². The Labute approximate surface area is 286 Å². The quantitative estimate of drug-likeness (QED) is 0.120. The summed E-state index contributed by atoms with van der Waals surface area (Å²) in [6, 6.07) is 3.20. The highest BCUT2D eigenvalue weighted by molar-refractivity contribution is 6.00. The molecule has 1 amide bonds. The fraction of sp³-hybridized carbons (Fsp3) is 0.550. The van der Waals surface area contributed by atoms with E-state index in [4.69, 9.17) is 9.47 Å². The van der Waals surface area contributed by atoms with Crippen LogP contribution in [0, 0.1) is 0 Å². The number of amides is 1. The molecule has 2 aromatic rings. The second-order valence-corrected chi connectivity index (χ2v) is 14.7. The predicted molar refractivity (Wildman–Crippen MR) is 189 cm³/mol. The summed E-state index contributed by atoms with van der Waals surface area (Å²) < 4.78 is 12.8. The molecule has 3 aliphatic rings. The van der Waals surface area contributed by atoms with Crippen molar-refractivity contribution in [2.45, 2.75) is 124 Å². The number of carbonyl (C=O) groups excluding carboxylic acids is 2. The maximum atomic E-state index is 13.5. The van der Waals surface area contributed by atoms with Crippen molar-refractivity contribution in [2.24, 2.45) is 0 Å². The van der Waals surface area contributed by atoms with Gasteiger partial charge in [-0.05, 0) is 125 Å². The first-order chi connectivity index (χ1) is 22.9. The van der Waals surface area contributed by atoms with Crippen LogP contribution >= 0.6 is 0 Å². The minimum atomic E-state index is -0.351. The fourth-order valence-corrected chi connectivity index (χ4v) is 7.28. The van der Waals surface area contributed by atoms with Crippen molar-refractivity contribution >= 4 is 12.2 Å². The summed E-state index contributed by atoms with van der Waals surface area (Å²) in [4.78, 5) is 29.4. The van der Waals surface area contributed by atoms with Crippen molar-refractivity contribution in [3.05, 3.63) is 68.8 Å². The molecule has 5 rings (SSSR count). The standard InChI is InChI=1S/C40H54N2O6/c1-26(2)11-9-12-27(3)13-10-17-40(5)18-16-31-36(45)22-32-34(38(31)48-40)24-42(39(32)46)20-8-7-19-41(6)23-33-29(25-43)21-35(44)30-15-14-28(4)47-37(30)33/h11,13,21-22,25,28,44-45H,7-10,12,14-20,23-24H2,1-6H3/b27-13+/t28?,40-/m0/s1. The molecule has 0 spiro atoms. The number of hydrogen-bond donors (Lipinski definition) is 2. The van der Waals surface area contributed by atoms with E-state index in [9.17, 15) is 19.8 Å². The Morgan fingerprint density at radius 3 is 2.54 bits per heavy atom. The second-order valence-electron chi connectivity index (χ2n) is 14.7. The van der Waals surface area contributed by atoms with E-state index in [2.05, 4.69) is 44.7 Å². The molecule has 3 aliphatic heterocycles. The monoisotopic (exact) mass is 658 g/mol. The zero-order valence-corrected chi connectivity index (χ0v) is 29.8. The summed E-state index contributed by atoms with van der Waals surface area (Å²) in [5.41, 5.74) is 6.73. The van der Waals surface area contributed by atoms with Gasteiger partial charge in [0.15, 0.2) is 6.29 Å². The zero-order chi connectivity index (χ0) is 34.6. The highest BCUT2D eigenvalue weighted by Gasteiger charge is 2.39. The van der Waals surface area contributed by atoms with Crippen LogP contribution < -0.4 is 9.47 Å². The fourth-order valence-electron chi connectivity index (χ4n) is 7.28. The number of benzene rings is 2. The van der Waals surface area contributed by atoms with E-state index in [0.29, 0.717) is 42.3 Å². The third kappa shape index (κ3) is 8.08. The molecule has 8 heteroatoms. The van der Waals surface area contributed by atoms with E-state index in [1.165, 1.54) is 11.1 Å². The number of allylic oxidation sites excluding steroid dienone is 4. The first kappa shape index (κ1) is 35.5. The summed E-state index contributed by atoms with van der Waals surface area (Å²) in [5, 5.41) is 21.3. The smallest absolute Gasteiger partial charge is 0.254 e. The molecule has 0 saturated carbocycles. The van der Waals surface area contributed by atoms with Gasteiger partial charge in [-0.25, -0.2) is 0 Å². The lowest BCUT2D eigenvalue weighted by molar-refractivity contribution is 0.0547. The molecular formula is C40H54N2O6. The van der Waals surface area contributed by atoms with Gasteiger partial charge in [0.1, 0.15) is 28.6 Å². The lowest BCUT2D eigenvalue weighted by Crippen LogP contribution is -2.36. The van der Waals surface area contributed by atoms with Crippen LogP contribution in [-0.4, -0.2) is 64.0 Å².